The lowest BCUT2D eigenvalue weighted by Gasteiger charge is -2.09. The molecular weight excluding hydrogens is 250 g/mol. The first-order valence-corrected chi connectivity index (χ1v) is 8.60. The van der Waals surface area contributed by atoms with Crippen molar-refractivity contribution in [1.82, 2.24) is 4.72 Å². The Kier molecular flexibility index (Phi) is 9.68. The lowest BCUT2D eigenvalue weighted by atomic mass is 10.2. The maximum absolute atomic E-state index is 11.5. The van der Waals surface area contributed by atoms with E-state index in [0.717, 1.165) is 38.7 Å². The maximum Gasteiger partial charge on any atom is 0.211 e. The zero-order chi connectivity index (χ0) is 14.0. The number of nitrogens with one attached hydrogen (secondary N) is 1. The van der Waals surface area contributed by atoms with Crippen molar-refractivity contribution in [2.45, 2.75) is 71.9 Å². The molecule has 0 atom stereocenters. The molecule has 5 heteroatoms. The summed E-state index contributed by atoms with van der Waals surface area (Å²) in [6.07, 6.45) is 5.28. The van der Waals surface area contributed by atoms with Crippen LogP contribution in [-0.2, 0) is 14.8 Å². The fraction of sp³-hybridized carbons (Fsp3) is 1.00. The molecule has 0 saturated carbocycles. The maximum atomic E-state index is 11.5. The van der Waals surface area contributed by atoms with Crippen LogP contribution in [0.2, 0.25) is 0 Å². The number of sulfonamides is 1. The molecule has 0 aromatic rings. The molecule has 110 valence electrons. The lowest BCUT2D eigenvalue weighted by Crippen LogP contribution is -2.32. The van der Waals surface area contributed by atoms with E-state index in [-0.39, 0.29) is 11.8 Å². The highest BCUT2D eigenvalue weighted by atomic mass is 32.2. The molecule has 0 bridgehead atoms. The Balaban J connectivity index is 3.40. The number of unbranched alkanes of at least 4 members (excludes halogenated alkanes) is 4. The fourth-order valence-corrected chi connectivity index (χ4v) is 3.08. The number of hydrogen-bond donors (Lipinski definition) is 1. The standard InChI is InChI=1S/C13H29NO3S/c1-12(2)14-18(15,16)11-9-7-5-6-8-10-17-13(3)4/h12-14H,5-11H2,1-4H3. The van der Waals surface area contributed by atoms with Crippen molar-refractivity contribution in [3.8, 4) is 0 Å². The minimum atomic E-state index is -3.06. The zero-order valence-corrected chi connectivity index (χ0v) is 13.1. The molecule has 1 N–H and O–H groups in total. The lowest BCUT2D eigenvalue weighted by molar-refractivity contribution is 0.0757. The Morgan fingerprint density at radius 1 is 0.944 bits per heavy atom. The van der Waals surface area contributed by atoms with Crippen molar-refractivity contribution in [3.05, 3.63) is 0 Å². The van der Waals surface area contributed by atoms with Crippen LogP contribution in [0.1, 0.15) is 59.8 Å². The van der Waals surface area contributed by atoms with E-state index in [1.54, 1.807) is 0 Å². The first-order valence-electron chi connectivity index (χ1n) is 6.95. The molecule has 0 spiro atoms. The second-order valence-electron chi connectivity index (χ2n) is 5.28. The van der Waals surface area contributed by atoms with E-state index in [1.807, 2.05) is 27.7 Å². The number of rotatable bonds is 11. The van der Waals surface area contributed by atoms with Crippen LogP contribution in [0, 0.1) is 0 Å². The number of ether oxygens (including phenoxy) is 1. The molecule has 0 aliphatic rings. The summed E-state index contributed by atoms with van der Waals surface area (Å²) < 4.78 is 31.1. The van der Waals surface area contributed by atoms with Crippen molar-refractivity contribution < 1.29 is 13.2 Å². The van der Waals surface area contributed by atoms with Gasteiger partial charge >= 0.3 is 0 Å². The van der Waals surface area contributed by atoms with E-state index in [9.17, 15) is 8.42 Å². The van der Waals surface area contributed by atoms with Gasteiger partial charge in [-0.1, -0.05) is 19.3 Å². The molecule has 4 nitrogen and oxygen atoms in total. The van der Waals surface area contributed by atoms with Crippen molar-refractivity contribution in [1.29, 1.82) is 0 Å². The van der Waals surface area contributed by atoms with Crippen molar-refractivity contribution in [3.63, 3.8) is 0 Å². The average molecular weight is 279 g/mol. The third-order valence-electron chi connectivity index (χ3n) is 2.42. The van der Waals surface area contributed by atoms with Gasteiger partial charge in [0, 0.05) is 12.6 Å². The van der Waals surface area contributed by atoms with E-state index in [4.69, 9.17) is 4.74 Å². The molecule has 0 unspecified atom stereocenters. The quantitative estimate of drug-likeness (QED) is 0.592. The van der Waals surface area contributed by atoms with Gasteiger partial charge in [-0.3, -0.25) is 0 Å². The Bertz CT molecular complexity index is 287. The van der Waals surface area contributed by atoms with Crippen LogP contribution in [0.4, 0.5) is 0 Å². The van der Waals surface area contributed by atoms with E-state index in [1.165, 1.54) is 0 Å². The molecule has 0 aromatic heterocycles. The first kappa shape index (κ1) is 17.9. The van der Waals surface area contributed by atoms with Crippen LogP contribution in [0.5, 0.6) is 0 Å². The highest BCUT2D eigenvalue weighted by molar-refractivity contribution is 7.89. The Morgan fingerprint density at radius 2 is 1.50 bits per heavy atom. The van der Waals surface area contributed by atoms with E-state index < -0.39 is 10.0 Å². The molecular formula is C13H29NO3S. The van der Waals surface area contributed by atoms with Crippen LogP contribution >= 0.6 is 0 Å². The normalized spacial score (nSPS) is 12.6. The molecule has 18 heavy (non-hydrogen) atoms. The van der Waals surface area contributed by atoms with Gasteiger partial charge in [0.2, 0.25) is 10.0 Å². The minimum Gasteiger partial charge on any atom is -0.379 e. The summed E-state index contributed by atoms with van der Waals surface area (Å²) in [6, 6.07) is -0.0109. The largest absolute Gasteiger partial charge is 0.379 e. The average Bonchev–Trinajstić information content (AvgIpc) is 2.19. The summed E-state index contributed by atoms with van der Waals surface area (Å²) >= 11 is 0. The molecule has 0 aromatic carbocycles. The van der Waals surface area contributed by atoms with Gasteiger partial charge < -0.3 is 4.74 Å². The van der Waals surface area contributed by atoms with Crippen molar-refractivity contribution in [2.24, 2.45) is 0 Å². The van der Waals surface area contributed by atoms with Gasteiger partial charge in [0.05, 0.1) is 11.9 Å². The molecule has 0 saturated heterocycles. The number of hydrogen-bond acceptors (Lipinski definition) is 3. The highest BCUT2D eigenvalue weighted by Crippen LogP contribution is 2.05. The third-order valence-corrected chi connectivity index (χ3v) is 4.08. The molecule has 0 aliphatic carbocycles. The molecule has 0 radical (unpaired) electrons. The summed E-state index contributed by atoms with van der Waals surface area (Å²) in [5.74, 6) is 0.244. The summed E-state index contributed by atoms with van der Waals surface area (Å²) in [7, 11) is -3.06. The predicted octanol–water partition coefficient (Wildman–Crippen LogP) is 2.69. The zero-order valence-electron chi connectivity index (χ0n) is 12.2. The molecule has 0 amide bonds. The summed E-state index contributed by atoms with van der Waals surface area (Å²) in [5.41, 5.74) is 0. The van der Waals surface area contributed by atoms with Crippen LogP contribution < -0.4 is 4.72 Å². The van der Waals surface area contributed by atoms with Gasteiger partial charge in [-0.15, -0.1) is 0 Å². The van der Waals surface area contributed by atoms with Gasteiger partial charge in [-0.25, -0.2) is 13.1 Å². The van der Waals surface area contributed by atoms with Gasteiger partial charge in [-0.05, 0) is 40.5 Å². The van der Waals surface area contributed by atoms with Gasteiger partial charge in [0.15, 0.2) is 0 Å². The highest BCUT2D eigenvalue weighted by Gasteiger charge is 2.10. The van der Waals surface area contributed by atoms with Crippen molar-refractivity contribution in [2.75, 3.05) is 12.4 Å². The van der Waals surface area contributed by atoms with Crippen molar-refractivity contribution >= 4 is 10.0 Å². The van der Waals surface area contributed by atoms with E-state index >= 15 is 0 Å². The van der Waals surface area contributed by atoms with Crippen LogP contribution in [0.3, 0.4) is 0 Å². The molecule has 0 heterocycles. The second kappa shape index (κ2) is 9.75. The summed E-state index contributed by atoms with van der Waals surface area (Å²) in [4.78, 5) is 0. The third kappa shape index (κ3) is 12.3. The first-order chi connectivity index (χ1) is 8.33. The van der Waals surface area contributed by atoms with Gasteiger partial charge in [0.1, 0.15) is 0 Å². The van der Waals surface area contributed by atoms with Crippen LogP contribution in [0.15, 0.2) is 0 Å². The fourth-order valence-electron chi connectivity index (χ4n) is 1.66. The summed E-state index contributed by atoms with van der Waals surface area (Å²) in [5, 5.41) is 0. The molecule has 0 rings (SSSR count). The van der Waals surface area contributed by atoms with Gasteiger partial charge in [-0.2, -0.15) is 0 Å². The van der Waals surface area contributed by atoms with Crippen LogP contribution in [-0.4, -0.2) is 32.9 Å². The second-order valence-corrected chi connectivity index (χ2v) is 7.15. The Labute approximate surface area is 113 Å². The smallest absolute Gasteiger partial charge is 0.211 e. The van der Waals surface area contributed by atoms with Gasteiger partial charge in [0.25, 0.3) is 0 Å². The predicted molar refractivity (Wildman–Crippen MR) is 76.2 cm³/mol. The minimum absolute atomic E-state index is 0.0109. The Hall–Kier alpha value is -0.130. The Morgan fingerprint density at radius 3 is 2.06 bits per heavy atom. The SMILES string of the molecule is CC(C)NS(=O)(=O)CCCCCCCOC(C)C. The molecule has 0 aliphatic heterocycles. The van der Waals surface area contributed by atoms with E-state index in [0.29, 0.717) is 6.10 Å². The van der Waals surface area contributed by atoms with Crippen LogP contribution in [0.25, 0.3) is 0 Å². The molecule has 0 fully saturated rings. The topological polar surface area (TPSA) is 55.4 Å². The van der Waals surface area contributed by atoms with E-state index in [2.05, 4.69) is 4.72 Å². The monoisotopic (exact) mass is 279 g/mol. The summed E-state index contributed by atoms with van der Waals surface area (Å²) in [6.45, 7) is 8.56.